The van der Waals surface area contributed by atoms with Crippen LogP contribution in [0.15, 0.2) is 15.6 Å². The van der Waals surface area contributed by atoms with E-state index in [9.17, 15) is 13.2 Å². The van der Waals surface area contributed by atoms with Gasteiger partial charge in [0.1, 0.15) is 5.76 Å². The fourth-order valence-corrected chi connectivity index (χ4v) is 3.13. The zero-order chi connectivity index (χ0) is 15.8. The minimum atomic E-state index is -3.67. The maximum atomic E-state index is 12.6. The van der Waals surface area contributed by atoms with E-state index in [0.717, 1.165) is 17.4 Å². The summed E-state index contributed by atoms with van der Waals surface area (Å²) in [5.41, 5.74) is 0.309. The van der Waals surface area contributed by atoms with Crippen molar-refractivity contribution in [2.45, 2.75) is 25.0 Å². The number of nitrogens with zero attached hydrogens (tertiary/aromatic N) is 2. The van der Waals surface area contributed by atoms with Crippen LogP contribution >= 0.6 is 0 Å². The molecule has 0 aliphatic carbocycles. The number of nitrogens with one attached hydrogen (secondary N) is 1. The summed E-state index contributed by atoms with van der Waals surface area (Å²) in [5, 5.41) is 3.01. The third-order valence-corrected chi connectivity index (χ3v) is 5.29. The van der Waals surface area contributed by atoms with Gasteiger partial charge in [0, 0.05) is 45.8 Å². The first-order valence-corrected chi connectivity index (χ1v) is 8.23. The SMILES string of the molecule is Cc1oc(S(=O)(=O)N(C)C)cc1C(=O)N1CCNC[C@@H]1C. The highest BCUT2D eigenvalue weighted by atomic mass is 32.2. The van der Waals surface area contributed by atoms with Gasteiger partial charge in [-0.25, -0.2) is 12.7 Å². The van der Waals surface area contributed by atoms with Crippen molar-refractivity contribution in [2.24, 2.45) is 0 Å². The predicted molar refractivity (Wildman–Crippen MR) is 77.7 cm³/mol. The number of furan rings is 1. The van der Waals surface area contributed by atoms with E-state index in [1.165, 1.54) is 20.2 Å². The zero-order valence-corrected chi connectivity index (χ0v) is 13.5. The number of carbonyl (C=O) groups excluding carboxylic acids is 1. The Morgan fingerprint density at radius 1 is 1.48 bits per heavy atom. The lowest BCUT2D eigenvalue weighted by Gasteiger charge is -2.33. The van der Waals surface area contributed by atoms with E-state index in [0.29, 0.717) is 17.9 Å². The van der Waals surface area contributed by atoms with E-state index in [2.05, 4.69) is 5.32 Å². The third kappa shape index (κ3) is 2.97. The molecule has 118 valence electrons. The van der Waals surface area contributed by atoms with Gasteiger partial charge in [0.05, 0.1) is 5.56 Å². The van der Waals surface area contributed by atoms with Crippen LogP contribution in [0.4, 0.5) is 0 Å². The second-order valence-corrected chi connectivity index (χ2v) is 7.46. The van der Waals surface area contributed by atoms with Crippen molar-refractivity contribution in [1.82, 2.24) is 14.5 Å². The molecule has 1 atom stereocenters. The van der Waals surface area contributed by atoms with Crippen molar-refractivity contribution in [3.05, 3.63) is 17.4 Å². The quantitative estimate of drug-likeness (QED) is 0.866. The molecule has 2 heterocycles. The van der Waals surface area contributed by atoms with Gasteiger partial charge in [-0.2, -0.15) is 0 Å². The van der Waals surface area contributed by atoms with Crippen molar-refractivity contribution in [3.8, 4) is 0 Å². The van der Waals surface area contributed by atoms with Crippen LogP contribution in [-0.4, -0.2) is 63.3 Å². The number of aryl methyl sites for hydroxylation is 1. The van der Waals surface area contributed by atoms with Gasteiger partial charge < -0.3 is 14.6 Å². The van der Waals surface area contributed by atoms with Gasteiger partial charge in [-0.05, 0) is 13.8 Å². The molecule has 7 nitrogen and oxygen atoms in total. The third-order valence-electron chi connectivity index (χ3n) is 3.62. The van der Waals surface area contributed by atoms with Crippen LogP contribution in [0.5, 0.6) is 0 Å². The maximum absolute atomic E-state index is 12.6. The van der Waals surface area contributed by atoms with Gasteiger partial charge in [0.15, 0.2) is 0 Å². The number of hydrogen-bond acceptors (Lipinski definition) is 5. The van der Waals surface area contributed by atoms with Crippen molar-refractivity contribution in [1.29, 1.82) is 0 Å². The fourth-order valence-electron chi connectivity index (χ4n) is 2.27. The summed E-state index contributed by atoms with van der Waals surface area (Å²) >= 11 is 0. The standard InChI is InChI=1S/C13H21N3O4S/c1-9-8-14-5-6-16(9)13(17)11-7-12(20-10(11)2)21(18,19)15(3)4/h7,9,14H,5-6,8H2,1-4H3/t9-/m0/s1. The minimum Gasteiger partial charge on any atom is -0.448 e. The molecular formula is C13H21N3O4S. The fraction of sp³-hybridized carbons (Fsp3) is 0.615. The molecule has 2 rings (SSSR count). The number of carbonyl (C=O) groups is 1. The molecule has 1 saturated heterocycles. The van der Waals surface area contributed by atoms with Crippen molar-refractivity contribution < 1.29 is 17.6 Å². The van der Waals surface area contributed by atoms with Crippen molar-refractivity contribution in [2.75, 3.05) is 33.7 Å². The van der Waals surface area contributed by atoms with Crippen molar-refractivity contribution in [3.63, 3.8) is 0 Å². The van der Waals surface area contributed by atoms with E-state index in [1.54, 1.807) is 11.8 Å². The largest absolute Gasteiger partial charge is 0.448 e. The Bertz CT molecular complexity index is 636. The number of hydrogen-bond donors (Lipinski definition) is 1. The Labute approximate surface area is 124 Å². The Morgan fingerprint density at radius 2 is 2.14 bits per heavy atom. The average Bonchev–Trinajstić information content (AvgIpc) is 2.81. The van der Waals surface area contributed by atoms with Gasteiger partial charge in [-0.3, -0.25) is 4.79 Å². The Balaban J connectivity index is 2.33. The molecule has 0 saturated carbocycles. The van der Waals surface area contributed by atoms with Gasteiger partial charge in [-0.15, -0.1) is 0 Å². The molecule has 0 aromatic carbocycles. The molecular weight excluding hydrogens is 294 g/mol. The summed E-state index contributed by atoms with van der Waals surface area (Å²) in [6.45, 7) is 5.62. The molecule has 1 fully saturated rings. The summed E-state index contributed by atoms with van der Waals surface area (Å²) < 4.78 is 30.5. The molecule has 0 radical (unpaired) electrons. The van der Waals surface area contributed by atoms with Crippen LogP contribution in [0, 0.1) is 6.92 Å². The highest BCUT2D eigenvalue weighted by molar-refractivity contribution is 7.88. The second kappa shape index (κ2) is 5.78. The van der Waals surface area contributed by atoms with E-state index in [-0.39, 0.29) is 17.0 Å². The second-order valence-electron chi connectivity index (χ2n) is 5.37. The van der Waals surface area contributed by atoms with E-state index >= 15 is 0 Å². The molecule has 21 heavy (non-hydrogen) atoms. The Kier molecular flexibility index (Phi) is 4.40. The lowest BCUT2D eigenvalue weighted by Crippen LogP contribution is -2.52. The molecule has 0 bridgehead atoms. The summed E-state index contributed by atoms with van der Waals surface area (Å²) in [4.78, 5) is 14.3. The summed E-state index contributed by atoms with van der Waals surface area (Å²) in [6, 6.07) is 1.39. The van der Waals surface area contributed by atoms with Gasteiger partial charge in [0.2, 0.25) is 5.09 Å². The highest BCUT2D eigenvalue weighted by Gasteiger charge is 2.30. The zero-order valence-electron chi connectivity index (χ0n) is 12.7. The molecule has 8 heteroatoms. The number of sulfonamides is 1. The number of amides is 1. The van der Waals surface area contributed by atoms with E-state index in [4.69, 9.17) is 4.42 Å². The molecule has 1 aliphatic rings. The van der Waals surface area contributed by atoms with Gasteiger partial charge in [-0.1, -0.05) is 0 Å². The first-order chi connectivity index (χ1) is 9.75. The van der Waals surface area contributed by atoms with Crippen LogP contribution in [0.25, 0.3) is 0 Å². The topological polar surface area (TPSA) is 82.9 Å². The molecule has 1 amide bonds. The first kappa shape index (κ1) is 16.0. The van der Waals surface area contributed by atoms with Crippen LogP contribution in [0.1, 0.15) is 23.0 Å². The number of rotatable bonds is 3. The van der Waals surface area contributed by atoms with E-state index in [1.807, 2.05) is 6.92 Å². The summed E-state index contributed by atoms with van der Waals surface area (Å²) in [5.74, 6) is 0.136. The lowest BCUT2D eigenvalue weighted by atomic mass is 10.1. The monoisotopic (exact) mass is 315 g/mol. The smallest absolute Gasteiger partial charge is 0.275 e. The van der Waals surface area contributed by atoms with Gasteiger partial charge >= 0.3 is 0 Å². The van der Waals surface area contributed by atoms with E-state index < -0.39 is 10.0 Å². The van der Waals surface area contributed by atoms with Crippen LogP contribution in [0.2, 0.25) is 0 Å². The number of piperazine rings is 1. The first-order valence-electron chi connectivity index (χ1n) is 6.79. The lowest BCUT2D eigenvalue weighted by molar-refractivity contribution is 0.0654. The predicted octanol–water partition coefficient (Wildman–Crippen LogP) is 0.272. The Hall–Kier alpha value is -1.38. The molecule has 0 spiro atoms. The van der Waals surface area contributed by atoms with Gasteiger partial charge in [0.25, 0.3) is 15.9 Å². The Morgan fingerprint density at radius 3 is 2.71 bits per heavy atom. The molecule has 1 aromatic heterocycles. The van der Waals surface area contributed by atoms with Crippen molar-refractivity contribution >= 4 is 15.9 Å². The maximum Gasteiger partial charge on any atom is 0.275 e. The molecule has 1 aromatic rings. The molecule has 1 aliphatic heterocycles. The van der Waals surface area contributed by atoms with Crippen LogP contribution in [-0.2, 0) is 10.0 Å². The van der Waals surface area contributed by atoms with Crippen LogP contribution < -0.4 is 5.32 Å². The minimum absolute atomic E-state index is 0.0643. The summed E-state index contributed by atoms with van der Waals surface area (Å²) in [6.07, 6.45) is 0. The highest BCUT2D eigenvalue weighted by Crippen LogP contribution is 2.23. The molecule has 1 N–H and O–H groups in total. The normalized spacial score (nSPS) is 20.0. The van der Waals surface area contributed by atoms with Crippen LogP contribution in [0.3, 0.4) is 0 Å². The summed E-state index contributed by atoms with van der Waals surface area (Å²) in [7, 11) is -0.825. The average molecular weight is 315 g/mol. The molecule has 0 unspecified atom stereocenters.